The molecule has 8 heteroatoms. The van der Waals surface area contributed by atoms with Gasteiger partial charge in [-0.1, -0.05) is 0 Å². The summed E-state index contributed by atoms with van der Waals surface area (Å²) in [7, 11) is 1.57. The van der Waals surface area contributed by atoms with E-state index >= 15 is 0 Å². The predicted molar refractivity (Wildman–Crippen MR) is 88.3 cm³/mol. The summed E-state index contributed by atoms with van der Waals surface area (Å²) in [6.07, 6.45) is 1.46. The Morgan fingerprint density at radius 3 is 2.95 bits per heavy atom. The molecule has 7 nitrogen and oxygen atoms in total. The number of hydrazone groups is 1. The molecule has 0 saturated carbocycles. The van der Waals surface area contributed by atoms with Gasteiger partial charge in [0.1, 0.15) is 11.4 Å². The summed E-state index contributed by atoms with van der Waals surface area (Å²) in [6, 6.07) is 5.41. The molecule has 1 aromatic carbocycles. The van der Waals surface area contributed by atoms with E-state index in [4.69, 9.17) is 15.2 Å². The number of carbonyl (C=O) groups excluding carboxylic acids is 1. The molecule has 0 spiro atoms. The van der Waals surface area contributed by atoms with Crippen LogP contribution in [0.15, 0.2) is 23.3 Å². The lowest BCUT2D eigenvalue weighted by atomic mass is 10.1. The molecular weight excluding hydrogens is 304 g/mol. The van der Waals surface area contributed by atoms with Crippen LogP contribution in [0.4, 0.5) is 0 Å². The van der Waals surface area contributed by atoms with Gasteiger partial charge in [-0.05, 0) is 37.3 Å². The number of H-pyrrole nitrogens is 1. The lowest BCUT2D eigenvalue weighted by Crippen LogP contribution is -2.24. The highest BCUT2D eigenvalue weighted by Gasteiger charge is 2.18. The normalized spacial score (nSPS) is 10.8. The van der Waals surface area contributed by atoms with E-state index in [-0.39, 0.29) is 11.7 Å². The Balaban J connectivity index is 2.54. The number of hydrogen-bond acceptors (Lipinski definition) is 5. The molecule has 116 valence electrons. The first-order valence-electron chi connectivity index (χ1n) is 6.52. The van der Waals surface area contributed by atoms with E-state index in [0.29, 0.717) is 17.0 Å². The van der Waals surface area contributed by atoms with Crippen LogP contribution < -0.4 is 15.9 Å². The van der Waals surface area contributed by atoms with Crippen molar-refractivity contribution in [3.8, 4) is 5.75 Å². The van der Waals surface area contributed by atoms with Crippen LogP contribution in [0.25, 0.3) is 10.9 Å². The zero-order valence-corrected chi connectivity index (χ0v) is 13.0. The van der Waals surface area contributed by atoms with Crippen LogP contribution in [-0.4, -0.2) is 36.0 Å². The SMILES string of the molecule is CCOC(=O)c1[nH]c2ccc(OC)cc2c1/C=N/NC(N)=S. The minimum atomic E-state index is -0.463. The summed E-state index contributed by atoms with van der Waals surface area (Å²) in [6.45, 7) is 2.02. The number of nitrogens with zero attached hydrogens (tertiary/aromatic N) is 1. The first-order valence-corrected chi connectivity index (χ1v) is 6.93. The van der Waals surface area contributed by atoms with Gasteiger partial charge >= 0.3 is 5.97 Å². The summed E-state index contributed by atoms with van der Waals surface area (Å²) >= 11 is 4.69. The Hall–Kier alpha value is -2.61. The first kappa shape index (κ1) is 15.8. The highest BCUT2D eigenvalue weighted by Crippen LogP contribution is 2.26. The summed E-state index contributed by atoms with van der Waals surface area (Å²) in [4.78, 5) is 15.1. The van der Waals surface area contributed by atoms with Gasteiger partial charge in [-0.2, -0.15) is 5.10 Å². The van der Waals surface area contributed by atoms with Crippen LogP contribution in [0.1, 0.15) is 23.0 Å². The minimum absolute atomic E-state index is 0.0337. The topological polar surface area (TPSA) is 102 Å². The molecule has 0 atom stereocenters. The maximum absolute atomic E-state index is 12.1. The van der Waals surface area contributed by atoms with Crippen molar-refractivity contribution in [1.29, 1.82) is 0 Å². The Kier molecular flexibility index (Phi) is 4.95. The third-order valence-corrected chi connectivity index (χ3v) is 2.99. The third-order valence-electron chi connectivity index (χ3n) is 2.89. The van der Waals surface area contributed by atoms with Gasteiger partial charge in [0.2, 0.25) is 0 Å². The van der Waals surface area contributed by atoms with Crippen LogP contribution in [0.5, 0.6) is 5.75 Å². The average Bonchev–Trinajstić information content (AvgIpc) is 2.85. The van der Waals surface area contributed by atoms with Crippen molar-refractivity contribution >= 4 is 40.4 Å². The molecule has 1 heterocycles. The second kappa shape index (κ2) is 6.90. The zero-order chi connectivity index (χ0) is 16.1. The summed E-state index contributed by atoms with van der Waals surface area (Å²) in [5, 5.41) is 4.72. The zero-order valence-electron chi connectivity index (χ0n) is 12.2. The minimum Gasteiger partial charge on any atom is -0.497 e. The quantitative estimate of drug-likeness (QED) is 0.334. The molecule has 0 fully saturated rings. The molecule has 0 bridgehead atoms. The molecule has 0 unspecified atom stereocenters. The maximum Gasteiger partial charge on any atom is 0.355 e. The molecule has 22 heavy (non-hydrogen) atoms. The van der Waals surface area contributed by atoms with E-state index in [1.807, 2.05) is 6.07 Å². The second-order valence-electron chi connectivity index (χ2n) is 4.28. The number of nitrogens with one attached hydrogen (secondary N) is 2. The fourth-order valence-corrected chi connectivity index (χ4v) is 2.03. The molecule has 4 N–H and O–H groups in total. The van der Waals surface area contributed by atoms with Crippen LogP contribution in [-0.2, 0) is 4.74 Å². The van der Waals surface area contributed by atoms with E-state index in [0.717, 1.165) is 10.9 Å². The maximum atomic E-state index is 12.1. The fourth-order valence-electron chi connectivity index (χ4n) is 1.98. The van der Waals surface area contributed by atoms with Gasteiger partial charge in [-0.15, -0.1) is 0 Å². The second-order valence-corrected chi connectivity index (χ2v) is 4.72. The standard InChI is InChI=1S/C14H16N4O3S/c1-3-21-13(19)12-10(7-16-18-14(15)22)9-6-8(20-2)4-5-11(9)17-12/h4-7,17H,3H2,1-2H3,(H3,15,18,22)/b16-7+. The molecule has 2 aromatic rings. The molecule has 0 aliphatic rings. The molecular formula is C14H16N4O3S. The van der Waals surface area contributed by atoms with Crippen molar-refractivity contribution in [2.45, 2.75) is 6.92 Å². The number of thiocarbonyl (C=S) groups is 1. The van der Waals surface area contributed by atoms with Gasteiger partial charge in [-0.3, -0.25) is 5.43 Å². The van der Waals surface area contributed by atoms with Crippen molar-refractivity contribution in [3.05, 3.63) is 29.5 Å². The van der Waals surface area contributed by atoms with Crippen molar-refractivity contribution in [2.75, 3.05) is 13.7 Å². The molecule has 1 aromatic heterocycles. The van der Waals surface area contributed by atoms with Gasteiger partial charge < -0.3 is 20.2 Å². The summed E-state index contributed by atoms with van der Waals surface area (Å²) in [5.74, 6) is 0.202. The van der Waals surface area contributed by atoms with Gasteiger partial charge in [0.25, 0.3) is 0 Å². The molecule has 2 rings (SSSR count). The van der Waals surface area contributed by atoms with E-state index in [9.17, 15) is 4.79 Å². The number of esters is 1. The number of fused-ring (bicyclic) bond motifs is 1. The smallest absolute Gasteiger partial charge is 0.355 e. The van der Waals surface area contributed by atoms with Crippen molar-refractivity contribution < 1.29 is 14.3 Å². The molecule has 0 amide bonds. The molecule has 0 aliphatic carbocycles. The van der Waals surface area contributed by atoms with Gasteiger partial charge in [0, 0.05) is 16.5 Å². The fraction of sp³-hybridized carbons (Fsp3) is 0.214. The molecule has 0 saturated heterocycles. The Morgan fingerprint density at radius 2 is 2.32 bits per heavy atom. The van der Waals surface area contributed by atoms with Crippen LogP contribution in [0.3, 0.4) is 0 Å². The third kappa shape index (κ3) is 3.34. The van der Waals surface area contributed by atoms with E-state index in [1.165, 1.54) is 6.21 Å². The lowest BCUT2D eigenvalue weighted by Gasteiger charge is -2.01. The number of ether oxygens (including phenoxy) is 2. The summed E-state index contributed by atoms with van der Waals surface area (Å²) in [5.41, 5.74) is 9.41. The average molecular weight is 320 g/mol. The lowest BCUT2D eigenvalue weighted by molar-refractivity contribution is 0.0520. The van der Waals surface area contributed by atoms with Crippen LogP contribution in [0.2, 0.25) is 0 Å². The first-order chi connectivity index (χ1) is 10.6. The number of nitrogens with two attached hydrogens (primary N) is 1. The van der Waals surface area contributed by atoms with Gasteiger partial charge in [0.05, 0.1) is 19.9 Å². The van der Waals surface area contributed by atoms with Crippen molar-refractivity contribution in [2.24, 2.45) is 10.8 Å². The number of rotatable bonds is 5. The van der Waals surface area contributed by atoms with E-state index in [1.54, 1.807) is 26.2 Å². The number of aromatic nitrogens is 1. The Bertz CT molecular complexity index is 739. The number of hydrogen-bond donors (Lipinski definition) is 3. The highest BCUT2D eigenvalue weighted by molar-refractivity contribution is 7.80. The molecule has 0 aliphatic heterocycles. The number of carbonyl (C=O) groups is 1. The molecule has 0 radical (unpaired) electrons. The predicted octanol–water partition coefficient (Wildman–Crippen LogP) is 1.52. The van der Waals surface area contributed by atoms with Crippen LogP contribution >= 0.6 is 12.2 Å². The van der Waals surface area contributed by atoms with E-state index in [2.05, 4.69) is 27.7 Å². The Morgan fingerprint density at radius 1 is 1.55 bits per heavy atom. The van der Waals surface area contributed by atoms with Gasteiger partial charge in [-0.25, -0.2) is 4.79 Å². The largest absolute Gasteiger partial charge is 0.497 e. The number of benzene rings is 1. The highest BCUT2D eigenvalue weighted by atomic mass is 32.1. The van der Waals surface area contributed by atoms with Gasteiger partial charge in [0.15, 0.2) is 5.11 Å². The number of methoxy groups -OCH3 is 1. The van der Waals surface area contributed by atoms with E-state index < -0.39 is 5.97 Å². The van der Waals surface area contributed by atoms with Crippen molar-refractivity contribution in [3.63, 3.8) is 0 Å². The van der Waals surface area contributed by atoms with Crippen molar-refractivity contribution in [1.82, 2.24) is 10.4 Å². The van der Waals surface area contributed by atoms with Crippen LogP contribution in [0, 0.1) is 0 Å². The summed E-state index contributed by atoms with van der Waals surface area (Å²) < 4.78 is 10.3. The monoisotopic (exact) mass is 320 g/mol. The number of aromatic amines is 1. The Labute approximate surface area is 132 Å².